The molecule has 4 heteroatoms. The summed E-state index contributed by atoms with van der Waals surface area (Å²) in [6.45, 7) is 8.92. The number of alkyl carbamates (subject to hydrolysis) is 1. The fourth-order valence-electron chi connectivity index (χ4n) is 1.40. The van der Waals surface area contributed by atoms with Gasteiger partial charge in [0, 0.05) is 5.92 Å². The van der Waals surface area contributed by atoms with Crippen molar-refractivity contribution in [2.75, 3.05) is 0 Å². The Morgan fingerprint density at radius 1 is 1.60 bits per heavy atom. The van der Waals surface area contributed by atoms with Crippen molar-refractivity contribution < 1.29 is 14.3 Å². The van der Waals surface area contributed by atoms with E-state index in [2.05, 4.69) is 11.9 Å². The van der Waals surface area contributed by atoms with Gasteiger partial charge in [0.05, 0.1) is 0 Å². The van der Waals surface area contributed by atoms with Crippen LogP contribution in [-0.2, 0) is 9.53 Å². The molecule has 0 heterocycles. The van der Waals surface area contributed by atoms with Gasteiger partial charge in [0.2, 0.25) is 0 Å². The second kappa shape index (κ2) is 3.68. The predicted molar refractivity (Wildman–Crippen MR) is 56.5 cm³/mol. The third kappa shape index (κ3) is 2.81. The molecule has 1 fully saturated rings. The largest absolute Gasteiger partial charge is 0.444 e. The Hall–Kier alpha value is -1.32. The molecule has 0 aromatic carbocycles. The fourth-order valence-corrected chi connectivity index (χ4v) is 1.40. The fraction of sp³-hybridized carbons (Fsp3) is 0.636. The molecule has 84 valence electrons. The van der Waals surface area contributed by atoms with Crippen LogP contribution in [0.2, 0.25) is 0 Å². The van der Waals surface area contributed by atoms with Crippen molar-refractivity contribution in [3.05, 3.63) is 12.7 Å². The summed E-state index contributed by atoms with van der Waals surface area (Å²) < 4.78 is 5.06. The van der Waals surface area contributed by atoms with E-state index < -0.39 is 17.2 Å². The van der Waals surface area contributed by atoms with E-state index in [1.165, 1.54) is 0 Å². The maximum absolute atomic E-state index is 11.4. The second-order valence-corrected chi connectivity index (χ2v) is 4.83. The Labute approximate surface area is 89.7 Å². The molecule has 1 aliphatic rings. The second-order valence-electron chi connectivity index (χ2n) is 4.83. The highest BCUT2D eigenvalue weighted by atomic mass is 16.6. The van der Waals surface area contributed by atoms with Gasteiger partial charge in [-0.1, -0.05) is 6.08 Å². The van der Waals surface area contributed by atoms with Gasteiger partial charge in [-0.3, -0.25) is 0 Å². The quantitative estimate of drug-likeness (QED) is 0.570. The summed E-state index contributed by atoms with van der Waals surface area (Å²) >= 11 is 0. The number of ether oxygens (including phenoxy) is 1. The molecule has 15 heavy (non-hydrogen) atoms. The number of hydrogen-bond donors (Lipinski definition) is 1. The van der Waals surface area contributed by atoms with Crippen LogP contribution in [0.3, 0.4) is 0 Å². The highest BCUT2D eigenvalue weighted by molar-refractivity contribution is 5.80. The van der Waals surface area contributed by atoms with Crippen LogP contribution in [-0.4, -0.2) is 23.5 Å². The average molecular weight is 211 g/mol. The van der Waals surface area contributed by atoms with Crippen LogP contribution in [0, 0.1) is 5.92 Å². The molecule has 0 spiro atoms. The van der Waals surface area contributed by atoms with E-state index in [0.29, 0.717) is 6.42 Å². The smallest absolute Gasteiger partial charge is 0.408 e. The van der Waals surface area contributed by atoms with Crippen molar-refractivity contribution >= 4 is 12.4 Å². The lowest BCUT2D eigenvalue weighted by atomic mass is 10.2. The SMILES string of the molecule is C=C[C@@H]1CC1(C=O)NC(=O)OC(C)(C)C. The molecule has 0 radical (unpaired) electrons. The standard InChI is InChI=1S/C11H17NO3/c1-5-8-6-11(8,7-13)12-9(14)15-10(2,3)4/h5,7-8H,1,6H2,2-4H3,(H,12,14)/t8-,11?/m1/s1. The number of hydrogen-bond acceptors (Lipinski definition) is 3. The Kier molecular flexibility index (Phi) is 2.88. The van der Waals surface area contributed by atoms with Crippen molar-refractivity contribution in [3.8, 4) is 0 Å². The van der Waals surface area contributed by atoms with Crippen molar-refractivity contribution in [3.63, 3.8) is 0 Å². The Balaban J connectivity index is 2.52. The number of rotatable bonds is 3. The average Bonchev–Trinajstić information content (AvgIpc) is 2.76. The van der Waals surface area contributed by atoms with E-state index in [1.807, 2.05) is 0 Å². The van der Waals surface area contributed by atoms with Gasteiger partial charge in [-0.2, -0.15) is 0 Å². The summed E-state index contributed by atoms with van der Waals surface area (Å²) in [5, 5.41) is 2.57. The lowest BCUT2D eigenvalue weighted by Crippen LogP contribution is -2.42. The summed E-state index contributed by atoms with van der Waals surface area (Å²) in [4.78, 5) is 22.2. The molecule has 1 rings (SSSR count). The molecule has 0 aromatic rings. The molecular formula is C11H17NO3. The number of carbonyl (C=O) groups excluding carboxylic acids is 2. The summed E-state index contributed by atoms with van der Waals surface area (Å²) in [5.41, 5.74) is -1.32. The van der Waals surface area contributed by atoms with Gasteiger partial charge in [0.1, 0.15) is 17.4 Å². The summed E-state index contributed by atoms with van der Waals surface area (Å²) in [6, 6.07) is 0. The summed E-state index contributed by atoms with van der Waals surface area (Å²) in [5.74, 6) is 0.0301. The number of amides is 1. The van der Waals surface area contributed by atoms with Gasteiger partial charge in [-0.05, 0) is 27.2 Å². The van der Waals surface area contributed by atoms with Crippen LogP contribution in [0.25, 0.3) is 0 Å². The summed E-state index contributed by atoms with van der Waals surface area (Å²) in [7, 11) is 0. The molecule has 1 amide bonds. The predicted octanol–water partition coefficient (Wildman–Crippen LogP) is 1.65. The van der Waals surface area contributed by atoms with E-state index >= 15 is 0 Å². The number of aldehydes is 1. The minimum atomic E-state index is -0.774. The Morgan fingerprint density at radius 3 is 2.53 bits per heavy atom. The van der Waals surface area contributed by atoms with Gasteiger partial charge in [0.25, 0.3) is 0 Å². The zero-order valence-corrected chi connectivity index (χ0v) is 9.37. The molecular weight excluding hydrogens is 194 g/mol. The summed E-state index contributed by atoms with van der Waals surface area (Å²) in [6.07, 6.45) is 2.48. The molecule has 1 unspecified atom stereocenters. The first-order valence-corrected chi connectivity index (χ1v) is 4.93. The van der Waals surface area contributed by atoms with E-state index in [1.54, 1.807) is 26.8 Å². The van der Waals surface area contributed by atoms with Crippen LogP contribution in [0.15, 0.2) is 12.7 Å². The van der Waals surface area contributed by atoms with Crippen LogP contribution < -0.4 is 5.32 Å². The molecule has 0 bridgehead atoms. The lowest BCUT2D eigenvalue weighted by Gasteiger charge is -2.21. The Morgan fingerprint density at radius 2 is 2.20 bits per heavy atom. The molecule has 0 aromatic heterocycles. The third-order valence-corrected chi connectivity index (χ3v) is 2.29. The molecule has 1 saturated carbocycles. The van der Waals surface area contributed by atoms with E-state index in [9.17, 15) is 9.59 Å². The highest BCUT2D eigenvalue weighted by Crippen LogP contribution is 2.42. The maximum atomic E-state index is 11.4. The van der Waals surface area contributed by atoms with Crippen LogP contribution in [0.4, 0.5) is 4.79 Å². The molecule has 0 saturated heterocycles. The third-order valence-electron chi connectivity index (χ3n) is 2.29. The first kappa shape index (κ1) is 11.8. The van der Waals surface area contributed by atoms with Gasteiger partial charge in [0.15, 0.2) is 0 Å². The first-order valence-electron chi connectivity index (χ1n) is 4.93. The van der Waals surface area contributed by atoms with Gasteiger partial charge >= 0.3 is 6.09 Å². The molecule has 0 aliphatic heterocycles. The molecule has 1 aliphatic carbocycles. The van der Waals surface area contributed by atoms with Crippen LogP contribution in [0.5, 0.6) is 0 Å². The van der Waals surface area contributed by atoms with Crippen molar-refractivity contribution in [1.82, 2.24) is 5.32 Å². The Bertz CT molecular complexity index is 293. The van der Waals surface area contributed by atoms with Crippen LogP contribution >= 0.6 is 0 Å². The van der Waals surface area contributed by atoms with Crippen molar-refractivity contribution in [2.45, 2.75) is 38.3 Å². The van der Waals surface area contributed by atoms with E-state index in [0.717, 1.165) is 6.29 Å². The molecule has 2 atom stereocenters. The maximum Gasteiger partial charge on any atom is 0.408 e. The minimum absolute atomic E-state index is 0.0301. The highest BCUT2D eigenvalue weighted by Gasteiger charge is 2.54. The van der Waals surface area contributed by atoms with Crippen LogP contribution in [0.1, 0.15) is 27.2 Å². The van der Waals surface area contributed by atoms with Gasteiger partial charge in [-0.15, -0.1) is 6.58 Å². The monoisotopic (exact) mass is 211 g/mol. The van der Waals surface area contributed by atoms with Crippen molar-refractivity contribution in [1.29, 1.82) is 0 Å². The minimum Gasteiger partial charge on any atom is -0.444 e. The zero-order valence-electron chi connectivity index (χ0n) is 9.37. The first-order chi connectivity index (χ1) is 6.83. The van der Waals surface area contributed by atoms with Crippen molar-refractivity contribution in [2.24, 2.45) is 5.92 Å². The topological polar surface area (TPSA) is 55.4 Å². The number of nitrogens with one attached hydrogen (secondary N) is 1. The molecule has 1 N–H and O–H groups in total. The molecule has 4 nitrogen and oxygen atoms in total. The van der Waals surface area contributed by atoms with Gasteiger partial charge < -0.3 is 14.8 Å². The van der Waals surface area contributed by atoms with E-state index in [-0.39, 0.29) is 5.92 Å². The zero-order chi connectivity index (χ0) is 11.7. The lowest BCUT2D eigenvalue weighted by molar-refractivity contribution is -0.110. The normalized spacial score (nSPS) is 29.1. The number of carbonyl (C=O) groups is 2. The van der Waals surface area contributed by atoms with Gasteiger partial charge in [-0.25, -0.2) is 4.79 Å². The van der Waals surface area contributed by atoms with E-state index in [4.69, 9.17) is 4.74 Å².